The van der Waals surface area contributed by atoms with Gasteiger partial charge in [-0.15, -0.1) is 0 Å². The normalized spacial score (nSPS) is 13.8. The molecule has 0 unspecified atom stereocenters. The monoisotopic (exact) mass is 514 g/mol. The standard InChI is InChI=1S/C31H34N2O5/c32-26-19-25(20-27(33)21-26)31(35)37-18-4-17-36-28-12-7-22(8-13-28)9-16-30(34)38-29-14-10-24(11-15-29)23-5-2-1-3-6-23/h7-16,19-21,23H,1-6,17-18,32-33H2. The molecule has 198 valence electrons. The van der Waals surface area contributed by atoms with E-state index in [1.165, 1.54) is 55.9 Å². The van der Waals surface area contributed by atoms with E-state index in [1.807, 2.05) is 36.4 Å². The van der Waals surface area contributed by atoms with Crippen molar-refractivity contribution in [1.29, 1.82) is 0 Å². The third-order valence-electron chi connectivity index (χ3n) is 6.47. The summed E-state index contributed by atoms with van der Waals surface area (Å²) in [6.45, 7) is 0.590. The van der Waals surface area contributed by atoms with Gasteiger partial charge in [0.2, 0.25) is 0 Å². The second-order valence-corrected chi connectivity index (χ2v) is 9.45. The molecule has 0 saturated heterocycles. The van der Waals surface area contributed by atoms with E-state index in [4.69, 9.17) is 25.7 Å². The Bertz CT molecular complexity index is 1230. The number of hydrogen-bond donors (Lipinski definition) is 2. The maximum absolute atomic E-state index is 12.2. The smallest absolute Gasteiger partial charge is 0.338 e. The average Bonchev–Trinajstić information content (AvgIpc) is 2.92. The summed E-state index contributed by atoms with van der Waals surface area (Å²) in [5, 5.41) is 0. The minimum Gasteiger partial charge on any atom is -0.493 e. The molecular weight excluding hydrogens is 480 g/mol. The average molecular weight is 515 g/mol. The zero-order valence-electron chi connectivity index (χ0n) is 21.4. The number of esters is 2. The first kappa shape index (κ1) is 26.8. The fraction of sp³-hybridized carbons (Fsp3) is 0.290. The number of nitrogen functional groups attached to an aromatic ring is 2. The van der Waals surface area contributed by atoms with Crippen molar-refractivity contribution < 1.29 is 23.8 Å². The molecule has 7 nitrogen and oxygen atoms in total. The first-order valence-electron chi connectivity index (χ1n) is 13.0. The summed E-state index contributed by atoms with van der Waals surface area (Å²) < 4.78 is 16.4. The molecule has 1 fully saturated rings. The second-order valence-electron chi connectivity index (χ2n) is 9.45. The third kappa shape index (κ3) is 8.13. The summed E-state index contributed by atoms with van der Waals surface area (Å²) in [6.07, 6.45) is 10.0. The third-order valence-corrected chi connectivity index (χ3v) is 6.47. The van der Waals surface area contributed by atoms with E-state index < -0.39 is 11.9 Å². The highest BCUT2D eigenvalue weighted by Gasteiger charge is 2.15. The maximum Gasteiger partial charge on any atom is 0.338 e. The molecule has 4 N–H and O–H groups in total. The van der Waals surface area contributed by atoms with Gasteiger partial charge in [-0.05, 0) is 78.4 Å². The van der Waals surface area contributed by atoms with Gasteiger partial charge in [-0.1, -0.05) is 43.5 Å². The Morgan fingerprint density at radius 1 is 0.816 bits per heavy atom. The highest BCUT2D eigenvalue weighted by molar-refractivity contribution is 5.91. The topological polar surface area (TPSA) is 114 Å². The summed E-state index contributed by atoms with van der Waals surface area (Å²) in [7, 11) is 0. The Kier molecular flexibility index (Phi) is 9.40. The van der Waals surface area contributed by atoms with E-state index in [0.29, 0.717) is 47.4 Å². The van der Waals surface area contributed by atoms with Crippen LogP contribution in [0.25, 0.3) is 6.08 Å². The van der Waals surface area contributed by atoms with Crippen LogP contribution in [0.4, 0.5) is 11.4 Å². The molecule has 0 atom stereocenters. The zero-order chi connectivity index (χ0) is 26.7. The number of benzene rings is 3. The number of carbonyl (C=O) groups excluding carboxylic acids is 2. The van der Waals surface area contributed by atoms with E-state index in [1.54, 1.807) is 12.1 Å². The molecule has 0 heterocycles. The number of ether oxygens (including phenoxy) is 3. The number of nitrogens with two attached hydrogens (primary N) is 2. The number of carbonyl (C=O) groups is 2. The van der Waals surface area contributed by atoms with Gasteiger partial charge >= 0.3 is 11.9 Å². The predicted octanol–water partition coefficient (Wildman–Crippen LogP) is 6.14. The van der Waals surface area contributed by atoms with Crippen molar-refractivity contribution in [3.05, 3.63) is 89.5 Å². The molecule has 38 heavy (non-hydrogen) atoms. The Hall–Kier alpha value is -4.26. The van der Waals surface area contributed by atoms with Crippen LogP contribution in [-0.4, -0.2) is 25.2 Å². The molecule has 0 aromatic heterocycles. The number of hydrogen-bond acceptors (Lipinski definition) is 7. The molecule has 0 bridgehead atoms. The van der Waals surface area contributed by atoms with Crippen molar-refractivity contribution in [2.24, 2.45) is 0 Å². The van der Waals surface area contributed by atoms with Gasteiger partial charge in [0.25, 0.3) is 0 Å². The summed E-state index contributed by atoms with van der Waals surface area (Å²) >= 11 is 0. The number of anilines is 2. The van der Waals surface area contributed by atoms with Crippen LogP contribution in [0.5, 0.6) is 11.5 Å². The van der Waals surface area contributed by atoms with Crippen LogP contribution in [-0.2, 0) is 9.53 Å². The fourth-order valence-corrected chi connectivity index (χ4v) is 4.53. The highest BCUT2D eigenvalue weighted by atomic mass is 16.5. The van der Waals surface area contributed by atoms with E-state index in [9.17, 15) is 9.59 Å². The van der Waals surface area contributed by atoms with Crippen LogP contribution in [0.1, 0.15) is 65.9 Å². The molecular formula is C31H34N2O5. The van der Waals surface area contributed by atoms with Gasteiger partial charge in [-0.3, -0.25) is 0 Å². The lowest BCUT2D eigenvalue weighted by Gasteiger charge is -2.21. The number of rotatable bonds is 10. The van der Waals surface area contributed by atoms with Crippen LogP contribution in [0, 0.1) is 0 Å². The molecule has 0 aliphatic heterocycles. The van der Waals surface area contributed by atoms with Crippen LogP contribution < -0.4 is 20.9 Å². The van der Waals surface area contributed by atoms with Gasteiger partial charge in [-0.2, -0.15) is 0 Å². The van der Waals surface area contributed by atoms with Crippen molar-refractivity contribution >= 4 is 29.4 Å². The van der Waals surface area contributed by atoms with E-state index in [0.717, 1.165) is 5.56 Å². The minimum absolute atomic E-state index is 0.208. The van der Waals surface area contributed by atoms with E-state index in [2.05, 4.69) is 12.1 Å². The molecule has 1 aliphatic rings. The van der Waals surface area contributed by atoms with E-state index in [-0.39, 0.29) is 6.61 Å². The van der Waals surface area contributed by atoms with Gasteiger partial charge < -0.3 is 25.7 Å². The molecule has 3 aromatic rings. The predicted molar refractivity (Wildman–Crippen MR) is 149 cm³/mol. The fourth-order valence-electron chi connectivity index (χ4n) is 4.53. The Balaban J connectivity index is 1.16. The summed E-state index contributed by atoms with van der Waals surface area (Å²) in [6, 6.07) is 19.8. The quantitative estimate of drug-likeness (QED) is 0.110. The van der Waals surface area contributed by atoms with Gasteiger partial charge in [0.05, 0.1) is 18.8 Å². The lowest BCUT2D eigenvalue weighted by atomic mass is 9.84. The summed E-state index contributed by atoms with van der Waals surface area (Å²) in [5.74, 6) is 0.947. The molecule has 3 aromatic carbocycles. The highest BCUT2D eigenvalue weighted by Crippen LogP contribution is 2.33. The molecule has 4 rings (SSSR count). The Morgan fingerprint density at radius 3 is 2.16 bits per heavy atom. The summed E-state index contributed by atoms with van der Waals surface area (Å²) in [4.78, 5) is 24.3. The lowest BCUT2D eigenvalue weighted by Crippen LogP contribution is -2.10. The van der Waals surface area contributed by atoms with Gasteiger partial charge in [-0.25, -0.2) is 9.59 Å². The van der Waals surface area contributed by atoms with Crippen molar-refractivity contribution in [3.63, 3.8) is 0 Å². The Labute approximate surface area is 223 Å². The molecule has 0 amide bonds. The molecule has 7 heteroatoms. The first-order chi connectivity index (χ1) is 18.5. The van der Waals surface area contributed by atoms with Crippen LogP contribution in [0.2, 0.25) is 0 Å². The SMILES string of the molecule is Nc1cc(N)cc(C(=O)OCCCOc2ccc(C=CC(=O)Oc3ccc(C4CCCCC4)cc3)cc2)c1. The van der Waals surface area contributed by atoms with Crippen LogP contribution in [0.15, 0.2) is 72.8 Å². The van der Waals surface area contributed by atoms with Gasteiger partial charge in [0, 0.05) is 23.9 Å². The minimum atomic E-state index is -0.477. The van der Waals surface area contributed by atoms with E-state index >= 15 is 0 Å². The van der Waals surface area contributed by atoms with Crippen molar-refractivity contribution in [2.75, 3.05) is 24.7 Å². The maximum atomic E-state index is 12.2. The van der Waals surface area contributed by atoms with Crippen LogP contribution in [0.3, 0.4) is 0 Å². The van der Waals surface area contributed by atoms with Crippen molar-refractivity contribution in [2.45, 2.75) is 44.4 Å². The molecule has 1 aliphatic carbocycles. The van der Waals surface area contributed by atoms with Crippen LogP contribution >= 0.6 is 0 Å². The first-order valence-corrected chi connectivity index (χ1v) is 13.0. The lowest BCUT2D eigenvalue weighted by molar-refractivity contribution is -0.128. The molecule has 0 radical (unpaired) electrons. The molecule has 0 spiro atoms. The Morgan fingerprint density at radius 2 is 1.47 bits per heavy atom. The second kappa shape index (κ2) is 13.3. The van der Waals surface area contributed by atoms with Crippen molar-refractivity contribution in [1.82, 2.24) is 0 Å². The largest absolute Gasteiger partial charge is 0.493 e. The zero-order valence-corrected chi connectivity index (χ0v) is 21.4. The molecule has 1 saturated carbocycles. The van der Waals surface area contributed by atoms with Crippen molar-refractivity contribution in [3.8, 4) is 11.5 Å². The van der Waals surface area contributed by atoms with Gasteiger partial charge in [0.1, 0.15) is 11.5 Å². The summed E-state index contributed by atoms with van der Waals surface area (Å²) in [5.41, 5.74) is 14.7. The van der Waals surface area contributed by atoms with Gasteiger partial charge in [0.15, 0.2) is 0 Å².